The summed E-state index contributed by atoms with van der Waals surface area (Å²) in [4.78, 5) is 10.2. The number of rotatable bonds is 7. The van der Waals surface area contributed by atoms with Gasteiger partial charge < -0.3 is 15.2 Å². The van der Waals surface area contributed by atoms with Crippen molar-refractivity contribution in [2.24, 2.45) is 4.99 Å². The van der Waals surface area contributed by atoms with Crippen LogP contribution in [0, 0.1) is 0 Å². The topological polar surface area (TPSA) is 78.6 Å². The van der Waals surface area contributed by atoms with Crippen LogP contribution in [-0.2, 0) is 6.42 Å². The quantitative estimate of drug-likeness (QED) is 0.559. The van der Waals surface area contributed by atoms with Crippen LogP contribution in [0.4, 0.5) is 13.2 Å². The summed E-state index contributed by atoms with van der Waals surface area (Å²) < 4.78 is 42.6. The molecule has 0 bridgehead atoms. The zero-order chi connectivity index (χ0) is 19.2. The Balaban J connectivity index is 1.82. The molecular weight excluding hydrogens is 349 g/mol. The molecule has 7 nitrogen and oxygen atoms in total. The first-order valence-electron chi connectivity index (χ1n) is 8.93. The maximum Gasteiger partial charge on any atom is 0.401 e. The first kappa shape index (κ1) is 20.5. The summed E-state index contributed by atoms with van der Waals surface area (Å²) in [5.41, 5.74) is 0. The van der Waals surface area contributed by atoms with Gasteiger partial charge in [0, 0.05) is 38.0 Å². The van der Waals surface area contributed by atoms with E-state index in [1.165, 1.54) is 4.90 Å². The van der Waals surface area contributed by atoms with Gasteiger partial charge in [0.15, 0.2) is 11.8 Å². The predicted molar refractivity (Wildman–Crippen MR) is 92.1 cm³/mol. The van der Waals surface area contributed by atoms with E-state index in [2.05, 4.69) is 25.8 Å². The molecule has 1 atom stereocenters. The Kier molecular flexibility index (Phi) is 7.24. The smallest absolute Gasteiger partial charge is 0.357 e. The Labute approximate surface area is 151 Å². The van der Waals surface area contributed by atoms with Gasteiger partial charge in [0.2, 0.25) is 5.89 Å². The highest BCUT2D eigenvalue weighted by molar-refractivity contribution is 5.80. The van der Waals surface area contributed by atoms with Crippen LogP contribution >= 0.6 is 0 Å². The van der Waals surface area contributed by atoms with Crippen LogP contribution in [0.1, 0.15) is 44.8 Å². The van der Waals surface area contributed by atoms with E-state index in [1.54, 1.807) is 0 Å². The maximum atomic E-state index is 12.5. The summed E-state index contributed by atoms with van der Waals surface area (Å²) in [6.07, 6.45) is -2.99. The molecule has 1 aliphatic heterocycles. The van der Waals surface area contributed by atoms with Crippen molar-refractivity contribution in [1.29, 1.82) is 0 Å². The Bertz CT molecular complexity index is 587. The summed E-state index contributed by atoms with van der Waals surface area (Å²) in [5, 5.41) is 10.2. The molecule has 1 saturated heterocycles. The molecule has 1 fully saturated rings. The number of alkyl halides is 3. The first-order chi connectivity index (χ1) is 12.3. The number of aromatic nitrogens is 2. The van der Waals surface area contributed by atoms with E-state index >= 15 is 0 Å². The Morgan fingerprint density at radius 3 is 2.81 bits per heavy atom. The van der Waals surface area contributed by atoms with Crippen molar-refractivity contribution in [3.8, 4) is 0 Å². The molecular formula is C16H27F3N6O. The molecule has 0 spiro atoms. The molecule has 0 saturated carbocycles. The lowest BCUT2D eigenvalue weighted by Gasteiger charge is -2.19. The fourth-order valence-electron chi connectivity index (χ4n) is 2.73. The van der Waals surface area contributed by atoms with E-state index in [0.717, 1.165) is 0 Å². The molecule has 0 aliphatic carbocycles. The summed E-state index contributed by atoms with van der Waals surface area (Å²) in [6, 6.07) is -0.0499. The second-order valence-corrected chi connectivity index (χ2v) is 6.69. The van der Waals surface area contributed by atoms with Crippen LogP contribution in [-0.4, -0.2) is 65.9 Å². The number of hydrogen-bond acceptors (Lipinski definition) is 5. The number of halogens is 3. The third-order valence-corrected chi connectivity index (χ3v) is 3.96. The Morgan fingerprint density at radius 2 is 2.19 bits per heavy atom. The van der Waals surface area contributed by atoms with Gasteiger partial charge in [-0.05, 0) is 13.3 Å². The third kappa shape index (κ3) is 6.81. The van der Waals surface area contributed by atoms with Gasteiger partial charge in [0.1, 0.15) is 0 Å². The molecule has 10 heteroatoms. The highest BCUT2D eigenvalue weighted by Crippen LogP contribution is 2.19. The fourth-order valence-corrected chi connectivity index (χ4v) is 2.73. The molecule has 1 aromatic heterocycles. The second-order valence-electron chi connectivity index (χ2n) is 6.69. The van der Waals surface area contributed by atoms with Gasteiger partial charge in [-0.25, -0.2) is 0 Å². The SMILES string of the molecule is CCNC(=NCCc1nc(C(C)C)no1)NC1CCN(CC(F)(F)F)C1. The van der Waals surface area contributed by atoms with Crippen LogP contribution in [0.25, 0.3) is 0 Å². The van der Waals surface area contributed by atoms with Crippen molar-refractivity contribution < 1.29 is 17.7 Å². The van der Waals surface area contributed by atoms with Crippen molar-refractivity contribution in [3.05, 3.63) is 11.7 Å². The van der Waals surface area contributed by atoms with Crippen molar-refractivity contribution in [1.82, 2.24) is 25.7 Å². The van der Waals surface area contributed by atoms with Gasteiger partial charge in [-0.15, -0.1) is 0 Å². The van der Waals surface area contributed by atoms with Gasteiger partial charge >= 0.3 is 6.18 Å². The number of nitrogens with one attached hydrogen (secondary N) is 2. The summed E-state index contributed by atoms with van der Waals surface area (Å²) in [7, 11) is 0. The molecule has 2 N–H and O–H groups in total. The number of hydrogen-bond donors (Lipinski definition) is 2. The van der Waals surface area contributed by atoms with E-state index in [-0.39, 0.29) is 12.0 Å². The van der Waals surface area contributed by atoms with E-state index < -0.39 is 12.7 Å². The minimum atomic E-state index is -4.16. The molecule has 2 heterocycles. The molecule has 0 amide bonds. The number of likely N-dealkylation sites (tertiary alicyclic amines) is 1. The van der Waals surface area contributed by atoms with Crippen LogP contribution in [0.15, 0.2) is 9.52 Å². The molecule has 1 aliphatic rings. The predicted octanol–water partition coefficient (Wildman–Crippen LogP) is 1.93. The molecule has 0 radical (unpaired) electrons. The zero-order valence-electron chi connectivity index (χ0n) is 15.4. The largest absolute Gasteiger partial charge is 0.401 e. The third-order valence-electron chi connectivity index (χ3n) is 3.96. The van der Waals surface area contributed by atoms with Crippen LogP contribution in [0.3, 0.4) is 0 Å². The maximum absolute atomic E-state index is 12.5. The van der Waals surface area contributed by atoms with Crippen molar-refractivity contribution in [2.45, 2.75) is 51.7 Å². The summed E-state index contributed by atoms with van der Waals surface area (Å²) in [5.74, 6) is 2.00. The monoisotopic (exact) mass is 376 g/mol. The van der Waals surface area contributed by atoms with E-state index in [9.17, 15) is 13.2 Å². The highest BCUT2D eigenvalue weighted by Gasteiger charge is 2.34. The fraction of sp³-hybridized carbons (Fsp3) is 0.812. The average molecular weight is 376 g/mol. The highest BCUT2D eigenvalue weighted by atomic mass is 19.4. The minimum Gasteiger partial charge on any atom is -0.357 e. The van der Waals surface area contributed by atoms with Crippen LogP contribution < -0.4 is 10.6 Å². The molecule has 2 rings (SSSR count). The van der Waals surface area contributed by atoms with Gasteiger partial charge in [0.05, 0.1) is 13.1 Å². The summed E-state index contributed by atoms with van der Waals surface area (Å²) in [6.45, 7) is 6.95. The van der Waals surface area contributed by atoms with Crippen LogP contribution in [0.5, 0.6) is 0 Å². The number of guanidine groups is 1. The van der Waals surface area contributed by atoms with Gasteiger partial charge in [-0.1, -0.05) is 19.0 Å². The average Bonchev–Trinajstić information content (AvgIpc) is 3.15. The lowest BCUT2D eigenvalue weighted by atomic mass is 10.2. The molecule has 1 aromatic rings. The van der Waals surface area contributed by atoms with Crippen molar-refractivity contribution in [3.63, 3.8) is 0 Å². The normalized spacial score (nSPS) is 19.3. The first-order valence-corrected chi connectivity index (χ1v) is 8.93. The van der Waals surface area contributed by atoms with E-state index in [0.29, 0.717) is 56.7 Å². The Morgan fingerprint density at radius 1 is 1.42 bits per heavy atom. The second kappa shape index (κ2) is 9.20. The lowest BCUT2D eigenvalue weighted by molar-refractivity contribution is -0.143. The standard InChI is InChI=1S/C16H27F3N6O/c1-4-20-15(21-7-5-13-23-14(11(2)3)24-26-13)22-12-6-8-25(9-12)10-16(17,18)19/h11-12H,4-10H2,1-3H3,(H2,20,21,22). The van der Waals surface area contributed by atoms with Gasteiger partial charge in [-0.3, -0.25) is 9.89 Å². The van der Waals surface area contributed by atoms with E-state index in [4.69, 9.17) is 4.52 Å². The summed E-state index contributed by atoms with van der Waals surface area (Å²) >= 11 is 0. The Hall–Kier alpha value is -1.84. The van der Waals surface area contributed by atoms with Gasteiger partial charge in [-0.2, -0.15) is 18.2 Å². The molecule has 26 heavy (non-hydrogen) atoms. The van der Waals surface area contributed by atoms with Crippen molar-refractivity contribution in [2.75, 3.05) is 32.7 Å². The lowest BCUT2D eigenvalue weighted by Crippen LogP contribution is -2.45. The van der Waals surface area contributed by atoms with Gasteiger partial charge in [0.25, 0.3) is 0 Å². The number of nitrogens with zero attached hydrogens (tertiary/aromatic N) is 4. The molecule has 148 valence electrons. The minimum absolute atomic E-state index is 0.0499. The number of aliphatic imine (C=N–C) groups is 1. The molecule has 1 unspecified atom stereocenters. The van der Waals surface area contributed by atoms with Crippen LogP contribution in [0.2, 0.25) is 0 Å². The zero-order valence-corrected chi connectivity index (χ0v) is 15.4. The molecule has 0 aromatic carbocycles. The van der Waals surface area contributed by atoms with Crippen molar-refractivity contribution >= 4 is 5.96 Å². The van der Waals surface area contributed by atoms with E-state index in [1.807, 2.05) is 20.8 Å².